The van der Waals surface area contributed by atoms with Gasteiger partial charge < -0.3 is 30.5 Å². The SMILES string of the molecule is CC(C)NC(=O)NC1CCC(Oc2ccc3cc(Oc4ccc(CC(=O)Nc5ccccc5C(=O)O)cc4)ccc3c2)CC1. The van der Waals surface area contributed by atoms with Crippen LogP contribution < -0.4 is 25.4 Å². The van der Waals surface area contributed by atoms with Gasteiger partial charge in [0.2, 0.25) is 5.91 Å². The summed E-state index contributed by atoms with van der Waals surface area (Å²) < 4.78 is 12.3. The summed E-state index contributed by atoms with van der Waals surface area (Å²) in [6.45, 7) is 3.89. The third-order valence-corrected chi connectivity index (χ3v) is 7.47. The first kappa shape index (κ1) is 30.4. The van der Waals surface area contributed by atoms with E-state index in [-0.39, 0.29) is 47.8 Å². The molecule has 3 amide bonds. The minimum Gasteiger partial charge on any atom is -0.490 e. The van der Waals surface area contributed by atoms with Crippen molar-refractivity contribution in [3.05, 3.63) is 96.1 Å². The van der Waals surface area contributed by atoms with E-state index in [9.17, 15) is 19.5 Å². The molecule has 1 aliphatic carbocycles. The van der Waals surface area contributed by atoms with Gasteiger partial charge in [0.1, 0.15) is 17.2 Å². The first-order valence-corrected chi connectivity index (χ1v) is 14.9. The molecule has 0 atom stereocenters. The topological polar surface area (TPSA) is 126 Å². The van der Waals surface area contributed by atoms with E-state index >= 15 is 0 Å². The van der Waals surface area contributed by atoms with Crippen LogP contribution in [-0.4, -0.2) is 41.2 Å². The lowest BCUT2D eigenvalue weighted by molar-refractivity contribution is -0.115. The van der Waals surface area contributed by atoms with E-state index in [0.717, 1.165) is 47.8 Å². The summed E-state index contributed by atoms with van der Waals surface area (Å²) in [5.41, 5.74) is 1.09. The molecule has 0 bridgehead atoms. The van der Waals surface area contributed by atoms with E-state index in [1.165, 1.54) is 6.07 Å². The summed E-state index contributed by atoms with van der Waals surface area (Å²) in [6.07, 6.45) is 3.78. The summed E-state index contributed by atoms with van der Waals surface area (Å²) >= 11 is 0. The number of anilines is 1. The average Bonchev–Trinajstić information content (AvgIpc) is 2.99. The van der Waals surface area contributed by atoms with Crippen LogP contribution in [0.25, 0.3) is 10.8 Å². The standard InChI is InChI=1S/C35H37N3O6/c1-22(2)36-35(42)37-26-11-17-28(18-12-26)44-30-16-10-24-20-29(15-9-25(24)21-30)43-27-13-7-23(8-14-27)19-33(39)38-32-6-4-3-5-31(32)34(40)41/h3-10,13-16,20-22,26,28H,11-12,17-19H2,1-2H3,(H,38,39)(H,40,41)(H2,36,37,42). The number of carbonyl (C=O) groups excluding carboxylic acids is 2. The zero-order chi connectivity index (χ0) is 31.1. The fraction of sp³-hybridized carbons (Fsp3) is 0.286. The minimum atomic E-state index is -1.10. The van der Waals surface area contributed by atoms with Crippen molar-refractivity contribution in [3.8, 4) is 17.2 Å². The Bertz CT molecular complexity index is 1630. The number of aromatic carboxylic acids is 1. The summed E-state index contributed by atoms with van der Waals surface area (Å²) in [5.74, 6) is 0.750. The van der Waals surface area contributed by atoms with E-state index in [1.54, 1.807) is 30.3 Å². The number of carboxylic acid groups (broad SMARTS) is 1. The highest BCUT2D eigenvalue weighted by Gasteiger charge is 2.24. The molecule has 228 valence electrons. The number of amides is 3. The molecule has 0 unspecified atom stereocenters. The van der Waals surface area contributed by atoms with Crippen molar-refractivity contribution in [3.63, 3.8) is 0 Å². The molecule has 4 N–H and O–H groups in total. The maximum absolute atomic E-state index is 12.5. The number of rotatable bonds is 10. The monoisotopic (exact) mass is 595 g/mol. The molecule has 1 fully saturated rings. The zero-order valence-electron chi connectivity index (χ0n) is 24.8. The molecule has 0 aromatic heterocycles. The van der Waals surface area contributed by atoms with Gasteiger partial charge in [0.25, 0.3) is 0 Å². The van der Waals surface area contributed by atoms with Crippen LogP contribution in [0.4, 0.5) is 10.5 Å². The van der Waals surface area contributed by atoms with E-state index in [0.29, 0.717) is 11.5 Å². The molecule has 5 rings (SSSR count). The van der Waals surface area contributed by atoms with Crippen LogP contribution in [0.5, 0.6) is 17.2 Å². The number of hydrogen-bond donors (Lipinski definition) is 4. The van der Waals surface area contributed by atoms with E-state index in [1.807, 2.05) is 62.4 Å². The van der Waals surface area contributed by atoms with Gasteiger partial charge >= 0.3 is 12.0 Å². The van der Waals surface area contributed by atoms with Gasteiger partial charge in [-0.1, -0.05) is 36.4 Å². The van der Waals surface area contributed by atoms with Crippen LogP contribution in [0, 0.1) is 0 Å². The number of fused-ring (bicyclic) bond motifs is 1. The van der Waals surface area contributed by atoms with Crippen molar-refractivity contribution in [1.29, 1.82) is 0 Å². The molecular formula is C35H37N3O6. The van der Waals surface area contributed by atoms with E-state index in [4.69, 9.17) is 9.47 Å². The summed E-state index contributed by atoms with van der Waals surface area (Å²) in [6, 6.07) is 25.6. The number of urea groups is 1. The average molecular weight is 596 g/mol. The maximum Gasteiger partial charge on any atom is 0.337 e. The lowest BCUT2D eigenvalue weighted by atomic mass is 9.93. The predicted molar refractivity (Wildman–Crippen MR) is 170 cm³/mol. The zero-order valence-corrected chi connectivity index (χ0v) is 24.8. The maximum atomic E-state index is 12.5. The van der Waals surface area contributed by atoms with Gasteiger partial charge in [-0.05, 0) is 104 Å². The van der Waals surface area contributed by atoms with Crippen LogP contribution in [-0.2, 0) is 11.2 Å². The van der Waals surface area contributed by atoms with Crippen molar-refractivity contribution < 1.29 is 29.0 Å². The number of hydrogen-bond acceptors (Lipinski definition) is 5. The number of para-hydroxylation sites is 1. The van der Waals surface area contributed by atoms with Crippen molar-refractivity contribution in [1.82, 2.24) is 10.6 Å². The highest BCUT2D eigenvalue weighted by Crippen LogP contribution is 2.30. The number of carboxylic acids is 1. The van der Waals surface area contributed by atoms with Crippen molar-refractivity contribution in [2.75, 3.05) is 5.32 Å². The Morgan fingerprint density at radius 1 is 0.818 bits per heavy atom. The van der Waals surface area contributed by atoms with Crippen LogP contribution in [0.3, 0.4) is 0 Å². The first-order valence-electron chi connectivity index (χ1n) is 14.9. The molecule has 0 spiro atoms. The summed E-state index contributed by atoms with van der Waals surface area (Å²) in [7, 11) is 0. The number of carbonyl (C=O) groups is 3. The second-order valence-electron chi connectivity index (χ2n) is 11.4. The first-order chi connectivity index (χ1) is 21.2. The minimum absolute atomic E-state index is 0.0458. The summed E-state index contributed by atoms with van der Waals surface area (Å²) in [5, 5.41) is 20.0. The second-order valence-corrected chi connectivity index (χ2v) is 11.4. The van der Waals surface area contributed by atoms with Crippen molar-refractivity contribution in [2.24, 2.45) is 0 Å². The Morgan fingerprint density at radius 3 is 2.14 bits per heavy atom. The van der Waals surface area contributed by atoms with E-state index < -0.39 is 5.97 Å². The Kier molecular flexibility index (Phi) is 9.64. The van der Waals surface area contributed by atoms with Gasteiger partial charge in [-0.2, -0.15) is 0 Å². The normalized spacial score (nSPS) is 16.2. The molecule has 1 saturated carbocycles. The number of nitrogens with one attached hydrogen (secondary N) is 3. The van der Waals surface area contributed by atoms with Gasteiger partial charge in [-0.15, -0.1) is 0 Å². The van der Waals surface area contributed by atoms with Gasteiger partial charge in [-0.3, -0.25) is 4.79 Å². The molecule has 9 heteroatoms. The van der Waals surface area contributed by atoms with Crippen molar-refractivity contribution in [2.45, 2.75) is 64.1 Å². The van der Waals surface area contributed by atoms with Gasteiger partial charge in [0.05, 0.1) is 23.8 Å². The number of benzene rings is 4. The third-order valence-electron chi connectivity index (χ3n) is 7.47. The molecule has 4 aromatic rings. The van der Waals surface area contributed by atoms with Crippen LogP contribution in [0.15, 0.2) is 84.9 Å². The third kappa shape index (κ3) is 8.28. The smallest absolute Gasteiger partial charge is 0.337 e. The lowest BCUT2D eigenvalue weighted by Gasteiger charge is -2.29. The molecule has 0 saturated heterocycles. The Morgan fingerprint density at radius 2 is 1.45 bits per heavy atom. The summed E-state index contributed by atoms with van der Waals surface area (Å²) in [4.78, 5) is 35.9. The molecule has 0 aliphatic heterocycles. The Labute approximate surface area is 256 Å². The molecule has 4 aromatic carbocycles. The van der Waals surface area contributed by atoms with Crippen LogP contribution >= 0.6 is 0 Å². The second kappa shape index (κ2) is 13.9. The molecule has 0 heterocycles. The fourth-order valence-corrected chi connectivity index (χ4v) is 5.32. The Hall–Kier alpha value is -5.05. The van der Waals surface area contributed by atoms with Gasteiger partial charge in [0.15, 0.2) is 0 Å². The molecule has 0 radical (unpaired) electrons. The predicted octanol–water partition coefficient (Wildman–Crippen LogP) is 6.91. The Balaban J connectivity index is 1.12. The number of ether oxygens (including phenoxy) is 2. The highest BCUT2D eigenvalue weighted by atomic mass is 16.5. The van der Waals surface area contributed by atoms with E-state index in [2.05, 4.69) is 16.0 Å². The van der Waals surface area contributed by atoms with Gasteiger partial charge in [0, 0.05) is 12.1 Å². The molecule has 1 aliphatic rings. The van der Waals surface area contributed by atoms with Crippen LogP contribution in [0.2, 0.25) is 0 Å². The van der Waals surface area contributed by atoms with Crippen LogP contribution in [0.1, 0.15) is 55.5 Å². The fourth-order valence-electron chi connectivity index (χ4n) is 5.32. The quantitative estimate of drug-likeness (QED) is 0.158. The largest absolute Gasteiger partial charge is 0.490 e. The van der Waals surface area contributed by atoms with Crippen molar-refractivity contribution >= 4 is 34.4 Å². The molecule has 9 nitrogen and oxygen atoms in total. The lowest BCUT2D eigenvalue weighted by Crippen LogP contribution is -2.46. The molecule has 44 heavy (non-hydrogen) atoms. The highest BCUT2D eigenvalue weighted by molar-refractivity contribution is 6.01. The van der Waals surface area contributed by atoms with Gasteiger partial charge in [-0.25, -0.2) is 9.59 Å². The molecular weight excluding hydrogens is 558 g/mol.